The molecule has 134 valence electrons. The van der Waals surface area contributed by atoms with Gasteiger partial charge in [-0.15, -0.1) is 0 Å². The minimum Gasteiger partial charge on any atom is -0.390 e. The molecule has 0 spiro atoms. The van der Waals surface area contributed by atoms with E-state index in [2.05, 4.69) is 33.6 Å². The van der Waals surface area contributed by atoms with Crippen molar-refractivity contribution in [3.8, 4) is 0 Å². The number of nitrogens with zero attached hydrogens (tertiary/aromatic N) is 4. The maximum atomic E-state index is 10.7. The zero-order chi connectivity index (χ0) is 17.2. The van der Waals surface area contributed by atoms with Crippen molar-refractivity contribution in [3.05, 3.63) is 18.0 Å². The van der Waals surface area contributed by atoms with Crippen molar-refractivity contribution in [2.24, 2.45) is 11.8 Å². The number of anilines is 1. The molecule has 1 aromatic rings. The average Bonchev–Trinajstić information content (AvgIpc) is 3.05. The third-order valence-corrected chi connectivity index (χ3v) is 5.53. The Morgan fingerprint density at radius 3 is 2.50 bits per heavy atom. The summed E-state index contributed by atoms with van der Waals surface area (Å²) in [6, 6.07) is 0. The van der Waals surface area contributed by atoms with E-state index in [-0.39, 0.29) is 0 Å². The van der Waals surface area contributed by atoms with E-state index >= 15 is 0 Å². The third kappa shape index (κ3) is 4.25. The van der Waals surface area contributed by atoms with E-state index in [9.17, 15) is 5.11 Å². The van der Waals surface area contributed by atoms with Gasteiger partial charge in [-0.1, -0.05) is 13.8 Å². The van der Waals surface area contributed by atoms with Crippen molar-refractivity contribution in [2.75, 3.05) is 31.1 Å². The first-order chi connectivity index (χ1) is 11.4. The van der Waals surface area contributed by atoms with Crippen LogP contribution in [0.4, 0.5) is 5.95 Å². The van der Waals surface area contributed by atoms with Crippen LogP contribution in [0.2, 0.25) is 0 Å². The van der Waals surface area contributed by atoms with E-state index in [1.165, 1.54) is 18.4 Å². The minimum absolute atomic E-state index is 0.344. The summed E-state index contributed by atoms with van der Waals surface area (Å²) in [6.45, 7) is 11.4. The smallest absolute Gasteiger partial charge is 0.225 e. The van der Waals surface area contributed by atoms with Crippen molar-refractivity contribution in [1.29, 1.82) is 0 Å². The SMILES string of the molecule is CC(C)C[C@H]1CN(Cc2cnc(N3CCCC3)nc2)CC[C@@]1(C)O. The lowest BCUT2D eigenvalue weighted by atomic mass is 9.78. The van der Waals surface area contributed by atoms with Gasteiger partial charge in [0.05, 0.1) is 5.60 Å². The highest BCUT2D eigenvalue weighted by molar-refractivity contribution is 5.30. The summed E-state index contributed by atoms with van der Waals surface area (Å²) in [7, 11) is 0. The topological polar surface area (TPSA) is 52.5 Å². The van der Waals surface area contributed by atoms with Crippen LogP contribution in [-0.4, -0.2) is 51.8 Å². The quantitative estimate of drug-likeness (QED) is 0.898. The zero-order valence-corrected chi connectivity index (χ0v) is 15.4. The molecule has 3 heterocycles. The molecule has 2 aliphatic heterocycles. The van der Waals surface area contributed by atoms with Gasteiger partial charge >= 0.3 is 0 Å². The highest BCUT2D eigenvalue weighted by atomic mass is 16.3. The molecule has 0 bridgehead atoms. The molecule has 2 aliphatic rings. The van der Waals surface area contributed by atoms with Crippen LogP contribution in [0.1, 0.15) is 52.0 Å². The molecule has 2 saturated heterocycles. The van der Waals surface area contributed by atoms with Gasteiger partial charge in [-0.2, -0.15) is 0 Å². The van der Waals surface area contributed by atoms with Crippen LogP contribution >= 0.6 is 0 Å². The van der Waals surface area contributed by atoms with Gasteiger partial charge in [0.1, 0.15) is 0 Å². The van der Waals surface area contributed by atoms with E-state index < -0.39 is 5.60 Å². The predicted molar refractivity (Wildman–Crippen MR) is 96.9 cm³/mol. The standard InChI is InChI=1S/C19H32N4O/c1-15(2)10-17-14-22(9-6-19(17,3)24)13-16-11-20-18(21-12-16)23-7-4-5-8-23/h11-12,15,17,24H,4-10,13-14H2,1-3H3/t17-,19+/m0/s1. The van der Waals surface area contributed by atoms with Crippen molar-refractivity contribution >= 4 is 5.95 Å². The van der Waals surface area contributed by atoms with Crippen LogP contribution < -0.4 is 4.90 Å². The molecule has 2 atom stereocenters. The maximum absolute atomic E-state index is 10.7. The summed E-state index contributed by atoms with van der Waals surface area (Å²) in [5.74, 6) is 1.83. The minimum atomic E-state index is -0.531. The Hall–Kier alpha value is -1.20. The lowest BCUT2D eigenvalue weighted by Crippen LogP contribution is -2.50. The predicted octanol–water partition coefficient (Wildman–Crippen LogP) is 2.70. The van der Waals surface area contributed by atoms with Gasteiger partial charge in [-0.3, -0.25) is 4.90 Å². The van der Waals surface area contributed by atoms with Crippen LogP contribution in [0.5, 0.6) is 0 Å². The van der Waals surface area contributed by atoms with E-state index in [0.717, 1.165) is 51.5 Å². The highest BCUT2D eigenvalue weighted by Gasteiger charge is 2.37. The van der Waals surface area contributed by atoms with Gasteiger partial charge in [-0.05, 0) is 38.5 Å². The molecule has 0 unspecified atom stereocenters. The second kappa shape index (κ2) is 7.36. The molecule has 2 fully saturated rings. The Kier molecular flexibility index (Phi) is 5.40. The molecule has 0 amide bonds. The van der Waals surface area contributed by atoms with Crippen molar-refractivity contribution < 1.29 is 5.11 Å². The fourth-order valence-electron chi connectivity index (χ4n) is 4.00. The fourth-order valence-corrected chi connectivity index (χ4v) is 4.00. The van der Waals surface area contributed by atoms with Crippen molar-refractivity contribution in [3.63, 3.8) is 0 Å². The molecule has 0 aromatic carbocycles. The molecule has 5 nitrogen and oxygen atoms in total. The molecular formula is C19H32N4O. The summed E-state index contributed by atoms with van der Waals surface area (Å²) < 4.78 is 0. The largest absolute Gasteiger partial charge is 0.390 e. The van der Waals surface area contributed by atoms with Crippen molar-refractivity contribution in [1.82, 2.24) is 14.9 Å². The second-order valence-electron chi connectivity index (χ2n) is 8.25. The summed E-state index contributed by atoms with van der Waals surface area (Å²) in [5, 5.41) is 10.7. The number of likely N-dealkylation sites (tertiary alicyclic amines) is 1. The Morgan fingerprint density at radius 1 is 1.21 bits per heavy atom. The van der Waals surface area contributed by atoms with E-state index in [1.807, 2.05) is 19.3 Å². The Balaban J connectivity index is 1.59. The third-order valence-electron chi connectivity index (χ3n) is 5.53. The average molecular weight is 332 g/mol. The number of aromatic nitrogens is 2. The number of piperidine rings is 1. The lowest BCUT2D eigenvalue weighted by molar-refractivity contribution is -0.0664. The Bertz CT molecular complexity index is 523. The summed E-state index contributed by atoms with van der Waals surface area (Å²) in [4.78, 5) is 13.8. The number of aliphatic hydroxyl groups is 1. The first kappa shape index (κ1) is 17.6. The number of hydrogen-bond acceptors (Lipinski definition) is 5. The molecule has 0 radical (unpaired) electrons. The lowest BCUT2D eigenvalue weighted by Gasteiger charge is -2.43. The molecule has 24 heavy (non-hydrogen) atoms. The van der Waals surface area contributed by atoms with E-state index in [0.29, 0.717) is 11.8 Å². The first-order valence-corrected chi connectivity index (χ1v) is 9.44. The first-order valence-electron chi connectivity index (χ1n) is 9.44. The van der Waals surface area contributed by atoms with Crippen LogP contribution in [0.3, 0.4) is 0 Å². The summed E-state index contributed by atoms with van der Waals surface area (Å²) in [5.41, 5.74) is 0.638. The Morgan fingerprint density at radius 2 is 1.88 bits per heavy atom. The van der Waals surface area contributed by atoms with E-state index in [4.69, 9.17) is 0 Å². The van der Waals surface area contributed by atoms with Crippen LogP contribution in [0, 0.1) is 11.8 Å². The van der Waals surface area contributed by atoms with Gasteiger partial charge in [0.25, 0.3) is 0 Å². The second-order valence-corrected chi connectivity index (χ2v) is 8.25. The van der Waals surface area contributed by atoms with Gasteiger partial charge in [0.2, 0.25) is 5.95 Å². The van der Waals surface area contributed by atoms with Gasteiger partial charge in [0, 0.05) is 56.6 Å². The highest BCUT2D eigenvalue weighted by Crippen LogP contribution is 2.32. The molecule has 0 saturated carbocycles. The maximum Gasteiger partial charge on any atom is 0.225 e. The van der Waals surface area contributed by atoms with Crippen molar-refractivity contribution in [2.45, 2.75) is 58.6 Å². The molecule has 1 N–H and O–H groups in total. The molecule has 1 aromatic heterocycles. The number of hydrogen-bond donors (Lipinski definition) is 1. The fraction of sp³-hybridized carbons (Fsp3) is 0.789. The van der Waals surface area contributed by atoms with Gasteiger partial charge in [-0.25, -0.2) is 9.97 Å². The zero-order valence-electron chi connectivity index (χ0n) is 15.4. The van der Waals surface area contributed by atoms with Crippen LogP contribution in [0.25, 0.3) is 0 Å². The van der Waals surface area contributed by atoms with Crippen LogP contribution in [0.15, 0.2) is 12.4 Å². The number of rotatable bonds is 5. The molecule has 0 aliphatic carbocycles. The van der Waals surface area contributed by atoms with Crippen LogP contribution in [-0.2, 0) is 6.54 Å². The normalized spacial score (nSPS) is 28.7. The monoisotopic (exact) mass is 332 g/mol. The van der Waals surface area contributed by atoms with Gasteiger partial charge < -0.3 is 10.0 Å². The van der Waals surface area contributed by atoms with Gasteiger partial charge in [0.15, 0.2) is 0 Å². The van der Waals surface area contributed by atoms with E-state index in [1.54, 1.807) is 0 Å². The molecular weight excluding hydrogens is 300 g/mol. The molecule has 3 rings (SSSR count). The Labute approximate surface area is 146 Å². The molecule has 5 heteroatoms. The summed E-state index contributed by atoms with van der Waals surface area (Å²) >= 11 is 0. The summed E-state index contributed by atoms with van der Waals surface area (Å²) in [6.07, 6.45) is 8.37.